The second kappa shape index (κ2) is 6.64. The maximum absolute atomic E-state index is 6.52. The van der Waals surface area contributed by atoms with Crippen molar-refractivity contribution < 1.29 is 4.74 Å². The molecule has 0 aromatic rings. The maximum Gasteiger partial charge on any atom is 0.183 e. The number of rotatable bonds is 3. The SMILES string of the molecule is [B]N1CCCC(CC2CCC(C)(C3CCCCN3[B])O2)C1. The number of ether oxygens (including phenoxy) is 1. The van der Waals surface area contributed by atoms with Gasteiger partial charge in [0.1, 0.15) is 0 Å². The van der Waals surface area contributed by atoms with Gasteiger partial charge in [-0.05, 0) is 77.4 Å². The Balaban J connectivity index is 1.54. The fourth-order valence-electron chi connectivity index (χ4n) is 4.63. The lowest BCUT2D eigenvalue weighted by Crippen LogP contribution is -2.52. The summed E-state index contributed by atoms with van der Waals surface area (Å²) in [6.45, 7) is 5.37. The van der Waals surface area contributed by atoms with Gasteiger partial charge in [-0.25, -0.2) is 0 Å². The van der Waals surface area contributed by atoms with Crippen molar-refractivity contribution in [2.24, 2.45) is 5.92 Å². The van der Waals surface area contributed by atoms with Gasteiger partial charge in [-0.15, -0.1) is 0 Å². The normalized spacial score (nSPS) is 43.2. The summed E-state index contributed by atoms with van der Waals surface area (Å²) in [4.78, 5) is 4.01. The first-order valence-corrected chi connectivity index (χ1v) is 8.75. The van der Waals surface area contributed by atoms with E-state index < -0.39 is 0 Å². The minimum atomic E-state index is -0.0447. The van der Waals surface area contributed by atoms with E-state index in [0.717, 1.165) is 26.1 Å². The second-order valence-electron chi connectivity index (χ2n) is 7.58. The molecular formula is C16H28B2N2O. The fraction of sp³-hybridized carbons (Fsp3) is 1.00. The third kappa shape index (κ3) is 3.68. The highest BCUT2D eigenvalue weighted by atomic mass is 16.5. The van der Waals surface area contributed by atoms with Gasteiger partial charge in [-0.1, -0.05) is 6.42 Å². The van der Waals surface area contributed by atoms with Crippen LogP contribution in [0.25, 0.3) is 0 Å². The van der Waals surface area contributed by atoms with Crippen LogP contribution in [-0.4, -0.2) is 63.0 Å². The zero-order chi connectivity index (χ0) is 14.9. The van der Waals surface area contributed by atoms with E-state index in [1.807, 2.05) is 9.62 Å². The maximum atomic E-state index is 6.52. The number of nitrogens with zero attached hydrogens (tertiary/aromatic N) is 2. The standard InChI is InChI=1S/C16H28B2N2O/c1-16(15-6-2-3-10-20(15)18)8-7-14(21-16)11-13-5-4-9-19(17)12-13/h13-15H,2-12H2,1H3. The fourth-order valence-corrected chi connectivity index (χ4v) is 4.63. The first kappa shape index (κ1) is 15.9. The van der Waals surface area contributed by atoms with Crippen molar-refractivity contribution in [2.45, 2.75) is 76.0 Å². The van der Waals surface area contributed by atoms with Crippen LogP contribution in [-0.2, 0) is 4.74 Å². The lowest BCUT2D eigenvalue weighted by atomic mass is 9.83. The molecule has 3 aliphatic rings. The van der Waals surface area contributed by atoms with Crippen LogP contribution < -0.4 is 0 Å². The molecule has 5 heteroatoms. The first-order valence-electron chi connectivity index (χ1n) is 8.75. The van der Waals surface area contributed by atoms with Gasteiger partial charge in [0.15, 0.2) is 16.0 Å². The second-order valence-corrected chi connectivity index (χ2v) is 7.58. The summed E-state index contributed by atoms with van der Waals surface area (Å²) >= 11 is 0. The van der Waals surface area contributed by atoms with E-state index in [9.17, 15) is 0 Å². The molecule has 3 rings (SSSR count). The number of hydrogen-bond donors (Lipinski definition) is 0. The minimum absolute atomic E-state index is 0.0447. The Morgan fingerprint density at radius 1 is 1.10 bits per heavy atom. The van der Waals surface area contributed by atoms with Crippen molar-refractivity contribution in [3.05, 3.63) is 0 Å². The van der Waals surface area contributed by atoms with Crippen molar-refractivity contribution in [3.8, 4) is 0 Å². The lowest BCUT2D eigenvalue weighted by Gasteiger charge is -2.43. The predicted octanol–water partition coefficient (Wildman–Crippen LogP) is 2.05. The summed E-state index contributed by atoms with van der Waals surface area (Å²) in [5, 5.41) is 0. The van der Waals surface area contributed by atoms with Crippen LogP contribution in [0.3, 0.4) is 0 Å². The molecule has 21 heavy (non-hydrogen) atoms. The molecule has 4 radical (unpaired) electrons. The zero-order valence-electron chi connectivity index (χ0n) is 13.5. The minimum Gasteiger partial charge on any atom is -0.370 e. The van der Waals surface area contributed by atoms with Crippen LogP contribution in [0.5, 0.6) is 0 Å². The summed E-state index contributed by atoms with van der Waals surface area (Å²) in [7, 11) is 12.2. The molecule has 0 aliphatic carbocycles. The Bertz CT molecular complexity index is 357. The van der Waals surface area contributed by atoms with Gasteiger partial charge >= 0.3 is 0 Å². The summed E-state index contributed by atoms with van der Waals surface area (Å²) in [6.07, 6.45) is 10.1. The molecular weight excluding hydrogens is 258 g/mol. The highest BCUT2D eigenvalue weighted by Crippen LogP contribution is 2.40. The highest BCUT2D eigenvalue weighted by molar-refractivity contribution is 6.04. The molecule has 3 saturated heterocycles. The van der Waals surface area contributed by atoms with Crippen molar-refractivity contribution in [1.29, 1.82) is 0 Å². The average Bonchev–Trinajstić information content (AvgIpc) is 2.81. The smallest absolute Gasteiger partial charge is 0.183 e. The summed E-state index contributed by atoms with van der Waals surface area (Å²) in [5.41, 5.74) is -0.0447. The molecule has 0 amide bonds. The Labute approximate surface area is 132 Å². The summed E-state index contributed by atoms with van der Waals surface area (Å²) in [5.74, 6) is 0.705. The summed E-state index contributed by atoms with van der Waals surface area (Å²) in [6, 6.07) is 0.397. The van der Waals surface area contributed by atoms with Crippen LogP contribution in [0, 0.1) is 5.92 Å². The average molecular weight is 286 g/mol. The van der Waals surface area contributed by atoms with Crippen LogP contribution >= 0.6 is 0 Å². The van der Waals surface area contributed by atoms with E-state index in [4.69, 9.17) is 20.7 Å². The zero-order valence-corrected chi connectivity index (χ0v) is 13.5. The number of hydrogen-bond acceptors (Lipinski definition) is 3. The largest absolute Gasteiger partial charge is 0.370 e. The first-order chi connectivity index (χ1) is 10.1. The van der Waals surface area contributed by atoms with Gasteiger partial charge in [0, 0.05) is 6.04 Å². The lowest BCUT2D eigenvalue weighted by molar-refractivity contribution is -0.0828. The van der Waals surface area contributed by atoms with Crippen molar-refractivity contribution >= 4 is 16.0 Å². The van der Waals surface area contributed by atoms with Crippen LogP contribution in [0.4, 0.5) is 0 Å². The van der Waals surface area contributed by atoms with E-state index in [-0.39, 0.29) is 5.60 Å². The van der Waals surface area contributed by atoms with Gasteiger partial charge in [0.05, 0.1) is 11.7 Å². The van der Waals surface area contributed by atoms with Crippen LogP contribution in [0.2, 0.25) is 0 Å². The van der Waals surface area contributed by atoms with E-state index in [2.05, 4.69) is 6.92 Å². The van der Waals surface area contributed by atoms with Gasteiger partial charge in [-0.2, -0.15) is 0 Å². The molecule has 3 heterocycles. The van der Waals surface area contributed by atoms with Crippen LogP contribution in [0.15, 0.2) is 0 Å². The molecule has 0 N–H and O–H groups in total. The summed E-state index contributed by atoms with van der Waals surface area (Å²) < 4.78 is 6.52. The van der Waals surface area contributed by atoms with E-state index >= 15 is 0 Å². The quantitative estimate of drug-likeness (QED) is 0.738. The third-order valence-corrected chi connectivity index (χ3v) is 5.79. The van der Waals surface area contributed by atoms with E-state index in [1.54, 1.807) is 0 Å². The molecule has 114 valence electrons. The Kier molecular flexibility index (Phi) is 5.02. The monoisotopic (exact) mass is 286 g/mol. The van der Waals surface area contributed by atoms with Gasteiger partial charge < -0.3 is 14.4 Å². The Morgan fingerprint density at radius 3 is 2.71 bits per heavy atom. The van der Waals surface area contributed by atoms with Crippen molar-refractivity contribution in [3.63, 3.8) is 0 Å². The molecule has 0 spiro atoms. The molecule has 3 fully saturated rings. The molecule has 0 aromatic carbocycles. The van der Waals surface area contributed by atoms with Crippen molar-refractivity contribution in [1.82, 2.24) is 9.62 Å². The van der Waals surface area contributed by atoms with Crippen LogP contribution in [0.1, 0.15) is 58.3 Å². The Hall–Kier alpha value is 0.00987. The van der Waals surface area contributed by atoms with Gasteiger partial charge in [0.25, 0.3) is 0 Å². The molecule has 0 bridgehead atoms. The molecule has 4 unspecified atom stereocenters. The number of piperidine rings is 2. The molecule has 0 aromatic heterocycles. The topological polar surface area (TPSA) is 15.7 Å². The molecule has 4 atom stereocenters. The van der Waals surface area contributed by atoms with Gasteiger partial charge in [0.2, 0.25) is 0 Å². The third-order valence-electron chi connectivity index (χ3n) is 5.79. The van der Waals surface area contributed by atoms with E-state index in [0.29, 0.717) is 18.1 Å². The van der Waals surface area contributed by atoms with Crippen molar-refractivity contribution in [2.75, 3.05) is 19.6 Å². The predicted molar refractivity (Wildman–Crippen MR) is 87.3 cm³/mol. The molecule has 0 saturated carbocycles. The Morgan fingerprint density at radius 2 is 1.95 bits per heavy atom. The van der Waals surface area contributed by atoms with Gasteiger partial charge in [-0.3, -0.25) is 0 Å². The molecule has 3 nitrogen and oxygen atoms in total. The highest BCUT2D eigenvalue weighted by Gasteiger charge is 2.44. The molecule has 3 aliphatic heterocycles. The van der Waals surface area contributed by atoms with E-state index in [1.165, 1.54) is 44.9 Å².